The Balaban J connectivity index is 1.36. The molecule has 5 amide bonds. The summed E-state index contributed by atoms with van der Waals surface area (Å²) in [5, 5.41) is 8.33. The second-order valence-electron chi connectivity index (χ2n) is 8.79. The molecular weight excluding hydrogens is 448 g/mol. The van der Waals surface area contributed by atoms with E-state index in [1.165, 1.54) is 0 Å². The molecule has 2 aromatic carbocycles. The molecule has 4 rings (SSSR count). The first-order valence-corrected chi connectivity index (χ1v) is 11.7. The Kier molecular flexibility index (Phi) is 7.36. The molecule has 1 saturated heterocycles. The third-order valence-electron chi connectivity index (χ3n) is 6.24. The summed E-state index contributed by atoms with van der Waals surface area (Å²) in [4.78, 5) is 63.6. The van der Waals surface area contributed by atoms with E-state index in [4.69, 9.17) is 0 Å². The fourth-order valence-corrected chi connectivity index (χ4v) is 4.45. The average Bonchev–Trinajstić information content (AvgIpc) is 2.84. The van der Waals surface area contributed by atoms with Crippen LogP contribution in [0.25, 0.3) is 0 Å². The number of amides is 5. The zero-order chi connectivity index (χ0) is 24.9. The lowest BCUT2D eigenvalue weighted by Crippen LogP contribution is -2.60. The summed E-state index contributed by atoms with van der Waals surface area (Å²) in [5.41, 5.74) is 2.56. The van der Waals surface area contributed by atoms with Crippen LogP contribution in [-0.4, -0.2) is 53.6 Å². The highest BCUT2D eigenvalue weighted by Crippen LogP contribution is 2.30. The van der Waals surface area contributed by atoms with Crippen LogP contribution in [0.5, 0.6) is 0 Å². The minimum absolute atomic E-state index is 0.0709. The first-order chi connectivity index (χ1) is 16.9. The maximum absolute atomic E-state index is 13.3. The summed E-state index contributed by atoms with van der Waals surface area (Å²) in [6, 6.07) is 12.4. The van der Waals surface area contributed by atoms with Gasteiger partial charge >= 0.3 is 0 Å². The van der Waals surface area contributed by atoms with Crippen molar-refractivity contribution in [1.82, 2.24) is 20.9 Å². The highest BCUT2D eigenvalue weighted by molar-refractivity contribution is 6.14. The Morgan fingerprint density at radius 3 is 2.57 bits per heavy atom. The molecule has 2 atom stereocenters. The number of hydrogen-bond acceptors (Lipinski definition) is 6. The molecule has 0 radical (unpaired) electrons. The molecule has 35 heavy (non-hydrogen) atoms. The summed E-state index contributed by atoms with van der Waals surface area (Å²) in [6.45, 7) is 2.90. The van der Waals surface area contributed by atoms with E-state index in [-0.39, 0.29) is 18.7 Å². The molecule has 0 saturated carbocycles. The number of aryl methyl sites for hydroxylation is 1. The number of nitrogens with zero attached hydrogens (tertiary/aromatic N) is 1. The van der Waals surface area contributed by atoms with Crippen LogP contribution in [0.15, 0.2) is 48.5 Å². The molecule has 2 heterocycles. The smallest absolute Gasteiger partial charge is 0.261 e. The van der Waals surface area contributed by atoms with Gasteiger partial charge in [0, 0.05) is 24.1 Å². The van der Waals surface area contributed by atoms with Gasteiger partial charge in [0.15, 0.2) is 0 Å². The highest BCUT2D eigenvalue weighted by atomic mass is 16.2. The second-order valence-corrected chi connectivity index (χ2v) is 8.79. The van der Waals surface area contributed by atoms with Crippen LogP contribution in [0.4, 0.5) is 0 Å². The minimum atomic E-state index is -1.01. The van der Waals surface area contributed by atoms with Crippen LogP contribution in [0.2, 0.25) is 0 Å². The van der Waals surface area contributed by atoms with Crippen molar-refractivity contribution in [1.29, 1.82) is 0 Å². The average molecular weight is 477 g/mol. The van der Waals surface area contributed by atoms with Gasteiger partial charge < -0.3 is 10.6 Å². The number of carbonyl (C=O) groups is 5. The summed E-state index contributed by atoms with van der Waals surface area (Å²) in [5.74, 6) is -2.21. The van der Waals surface area contributed by atoms with Crippen LogP contribution >= 0.6 is 0 Å². The summed E-state index contributed by atoms with van der Waals surface area (Å²) in [6.07, 6.45) is 1.56. The topological polar surface area (TPSA) is 125 Å². The molecular formula is C26H28N4O5. The Morgan fingerprint density at radius 1 is 1.03 bits per heavy atom. The van der Waals surface area contributed by atoms with Crippen molar-refractivity contribution in [3.05, 3.63) is 70.8 Å². The minimum Gasteiger partial charge on any atom is -0.352 e. The predicted octanol–water partition coefficient (Wildman–Crippen LogP) is 1.62. The lowest BCUT2D eigenvalue weighted by Gasteiger charge is -2.38. The Morgan fingerprint density at radius 2 is 1.80 bits per heavy atom. The summed E-state index contributed by atoms with van der Waals surface area (Å²) < 4.78 is 0. The molecule has 2 aliphatic rings. The van der Waals surface area contributed by atoms with Crippen LogP contribution in [0.1, 0.15) is 63.6 Å². The van der Waals surface area contributed by atoms with E-state index < -0.39 is 35.7 Å². The van der Waals surface area contributed by atoms with Crippen molar-refractivity contribution < 1.29 is 24.0 Å². The Hall–Kier alpha value is -3.85. The normalized spacial score (nSPS) is 19.9. The molecule has 0 aromatic heterocycles. The van der Waals surface area contributed by atoms with Crippen LogP contribution < -0.4 is 16.0 Å². The molecule has 9 nitrogen and oxygen atoms in total. The van der Waals surface area contributed by atoms with E-state index in [2.05, 4.69) is 16.0 Å². The maximum Gasteiger partial charge on any atom is 0.261 e. The molecule has 2 unspecified atom stereocenters. The molecule has 2 aliphatic heterocycles. The van der Waals surface area contributed by atoms with Gasteiger partial charge in [-0.15, -0.1) is 0 Å². The number of imide groups is 2. The molecule has 0 bridgehead atoms. The quantitative estimate of drug-likeness (QED) is 0.393. The number of hydrogen-bond donors (Lipinski definition) is 3. The van der Waals surface area contributed by atoms with Gasteiger partial charge in [-0.1, -0.05) is 35.9 Å². The van der Waals surface area contributed by atoms with Crippen molar-refractivity contribution in [3.63, 3.8) is 0 Å². The van der Waals surface area contributed by atoms with Crippen LogP contribution in [-0.2, 0) is 14.4 Å². The molecule has 0 aliphatic carbocycles. The monoisotopic (exact) mass is 476 g/mol. The molecule has 182 valence electrons. The van der Waals surface area contributed by atoms with E-state index >= 15 is 0 Å². The van der Waals surface area contributed by atoms with Crippen LogP contribution in [0, 0.1) is 6.92 Å². The molecule has 9 heteroatoms. The van der Waals surface area contributed by atoms with Gasteiger partial charge in [-0.2, -0.15) is 0 Å². The van der Waals surface area contributed by atoms with E-state index in [1.807, 2.05) is 25.1 Å². The van der Waals surface area contributed by atoms with Gasteiger partial charge in [-0.25, -0.2) is 0 Å². The Labute approximate surface area is 203 Å². The highest BCUT2D eigenvalue weighted by Gasteiger charge is 2.45. The summed E-state index contributed by atoms with van der Waals surface area (Å²) in [7, 11) is 0. The van der Waals surface area contributed by atoms with Gasteiger partial charge in [-0.05, 0) is 56.5 Å². The van der Waals surface area contributed by atoms with Gasteiger partial charge in [0.2, 0.25) is 11.8 Å². The van der Waals surface area contributed by atoms with Crippen LogP contribution in [0.3, 0.4) is 0 Å². The fourth-order valence-electron chi connectivity index (χ4n) is 4.45. The number of rotatable bonds is 8. The fraction of sp³-hybridized carbons (Fsp3) is 0.346. The lowest BCUT2D eigenvalue weighted by atomic mass is 9.91. The number of fused-ring (bicyclic) bond motifs is 1. The van der Waals surface area contributed by atoms with E-state index in [9.17, 15) is 24.0 Å². The van der Waals surface area contributed by atoms with E-state index in [1.54, 1.807) is 30.3 Å². The zero-order valence-electron chi connectivity index (χ0n) is 19.5. The first kappa shape index (κ1) is 24.3. The van der Waals surface area contributed by atoms with Crippen molar-refractivity contribution in [3.8, 4) is 0 Å². The lowest BCUT2D eigenvalue weighted by molar-refractivity contribution is -0.144. The van der Waals surface area contributed by atoms with Gasteiger partial charge in [0.05, 0.1) is 0 Å². The van der Waals surface area contributed by atoms with E-state index in [0.717, 1.165) is 10.5 Å². The summed E-state index contributed by atoms with van der Waals surface area (Å²) >= 11 is 0. The van der Waals surface area contributed by atoms with Crippen molar-refractivity contribution in [2.75, 3.05) is 13.1 Å². The SMILES string of the molecule is Cc1cccc(C(=O)NCCCCNC2C(=O)N(C3CCC(=O)NC3=O)C(=O)c3ccccc32)c1. The second kappa shape index (κ2) is 10.6. The largest absolute Gasteiger partial charge is 0.352 e. The van der Waals surface area contributed by atoms with E-state index in [0.29, 0.717) is 42.6 Å². The number of benzene rings is 2. The number of piperidine rings is 1. The number of unbranched alkanes of at least 4 members (excludes halogenated alkanes) is 1. The number of carbonyl (C=O) groups excluding carboxylic acids is 5. The van der Waals surface area contributed by atoms with Gasteiger partial charge in [0.1, 0.15) is 12.1 Å². The van der Waals surface area contributed by atoms with Crippen molar-refractivity contribution in [2.24, 2.45) is 0 Å². The first-order valence-electron chi connectivity index (χ1n) is 11.7. The number of nitrogens with one attached hydrogen (secondary N) is 3. The third-order valence-corrected chi connectivity index (χ3v) is 6.24. The third kappa shape index (κ3) is 5.30. The van der Waals surface area contributed by atoms with Gasteiger partial charge in [0.25, 0.3) is 17.7 Å². The van der Waals surface area contributed by atoms with Crippen molar-refractivity contribution in [2.45, 2.75) is 44.7 Å². The van der Waals surface area contributed by atoms with Gasteiger partial charge in [-0.3, -0.25) is 34.2 Å². The predicted molar refractivity (Wildman–Crippen MR) is 127 cm³/mol. The Bertz CT molecular complexity index is 1180. The molecule has 1 fully saturated rings. The zero-order valence-corrected chi connectivity index (χ0v) is 19.5. The molecule has 3 N–H and O–H groups in total. The standard InChI is InChI=1S/C26H28N4O5/c1-16-7-6-8-17(15-16)23(32)28-14-5-4-13-27-22-18-9-2-3-10-19(18)25(34)30(26(22)35)20-11-12-21(31)29-24(20)33/h2-3,6-10,15,20,22,27H,4-5,11-14H2,1H3,(H,28,32)(H,29,31,33). The molecule has 0 spiro atoms. The van der Waals surface area contributed by atoms with Crippen molar-refractivity contribution >= 4 is 29.5 Å². The molecule has 2 aromatic rings. The maximum atomic E-state index is 13.3.